The van der Waals surface area contributed by atoms with Gasteiger partial charge in [0.15, 0.2) is 0 Å². The van der Waals surface area contributed by atoms with E-state index in [1.54, 1.807) is 6.92 Å². The molecule has 5 heteroatoms. The molecular weight excluding hydrogens is 190 g/mol. The number of thiazole rings is 1. The lowest BCUT2D eigenvalue weighted by atomic mass is 10.4. The second-order valence-corrected chi connectivity index (χ2v) is 3.34. The van der Waals surface area contributed by atoms with Crippen molar-refractivity contribution in [2.75, 3.05) is 0 Å². The Kier molecular flexibility index (Phi) is 2.54. The molecule has 1 rings (SSSR count). The summed E-state index contributed by atoms with van der Waals surface area (Å²) in [5, 5.41) is 8.68. The number of aromatic nitrogens is 1. The van der Waals surface area contributed by atoms with Crippen molar-refractivity contribution < 1.29 is 9.90 Å². The van der Waals surface area contributed by atoms with Crippen molar-refractivity contribution in [2.24, 2.45) is 0 Å². The summed E-state index contributed by atoms with van der Waals surface area (Å²) in [4.78, 5) is 21.5. The molecule has 68 valence electrons. The third-order valence-corrected chi connectivity index (χ3v) is 2.66. The Morgan fingerprint density at radius 2 is 2.38 bits per heavy atom. The van der Waals surface area contributed by atoms with Gasteiger partial charge in [-0.25, -0.2) is 4.79 Å². The standard InChI is InChI=1S/C8H7NO3S/c1-3-4-9-5(2)6(7(10)11)13-8(9)12/h1H,4H2,2H3,(H,10,11). The van der Waals surface area contributed by atoms with E-state index in [9.17, 15) is 9.59 Å². The molecule has 0 amide bonds. The Morgan fingerprint density at radius 1 is 1.77 bits per heavy atom. The Morgan fingerprint density at radius 3 is 2.77 bits per heavy atom. The highest BCUT2D eigenvalue weighted by Gasteiger charge is 2.15. The van der Waals surface area contributed by atoms with Crippen molar-refractivity contribution in [1.82, 2.24) is 4.57 Å². The number of carboxylic acid groups (broad SMARTS) is 1. The molecule has 4 nitrogen and oxygen atoms in total. The largest absolute Gasteiger partial charge is 0.477 e. The van der Waals surface area contributed by atoms with Gasteiger partial charge in [0.05, 0.1) is 6.54 Å². The molecule has 1 N–H and O–H groups in total. The van der Waals surface area contributed by atoms with E-state index < -0.39 is 5.97 Å². The molecule has 0 aliphatic carbocycles. The Balaban J connectivity index is 3.32. The van der Waals surface area contributed by atoms with Gasteiger partial charge in [-0.15, -0.1) is 6.42 Å². The summed E-state index contributed by atoms with van der Waals surface area (Å²) in [6.07, 6.45) is 5.03. The third-order valence-electron chi connectivity index (χ3n) is 1.59. The number of hydrogen-bond donors (Lipinski definition) is 1. The molecule has 0 atom stereocenters. The summed E-state index contributed by atoms with van der Waals surface area (Å²) in [6, 6.07) is 0. The van der Waals surface area contributed by atoms with Crippen LogP contribution in [0.5, 0.6) is 0 Å². The van der Waals surface area contributed by atoms with Gasteiger partial charge >= 0.3 is 10.8 Å². The zero-order valence-electron chi connectivity index (χ0n) is 6.90. The smallest absolute Gasteiger partial charge is 0.347 e. The van der Waals surface area contributed by atoms with Gasteiger partial charge in [-0.1, -0.05) is 17.3 Å². The number of aromatic carboxylic acids is 1. The van der Waals surface area contributed by atoms with Gasteiger partial charge in [0.25, 0.3) is 0 Å². The normalized spacial score (nSPS) is 9.54. The van der Waals surface area contributed by atoms with E-state index in [2.05, 4.69) is 5.92 Å². The maximum absolute atomic E-state index is 11.2. The molecule has 0 aliphatic rings. The molecule has 0 radical (unpaired) electrons. The van der Waals surface area contributed by atoms with Crippen LogP contribution in [-0.4, -0.2) is 15.6 Å². The molecule has 13 heavy (non-hydrogen) atoms. The molecular formula is C8H7NO3S. The van der Waals surface area contributed by atoms with E-state index in [4.69, 9.17) is 11.5 Å². The lowest BCUT2D eigenvalue weighted by Crippen LogP contribution is -2.13. The topological polar surface area (TPSA) is 59.3 Å². The molecule has 0 fully saturated rings. The van der Waals surface area contributed by atoms with Crippen molar-refractivity contribution >= 4 is 17.3 Å². The van der Waals surface area contributed by atoms with Crippen LogP contribution in [0.1, 0.15) is 15.4 Å². The molecule has 1 aromatic heterocycles. The second-order valence-electron chi connectivity index (χ2n) is 2.38. The fraction of sp³-hybridized carbons (Fsp3) is 0.250. The first-order valence-electron chi connectivity index (χ1n) is 3.45. The van der Waals surface area contributed by atoms with E-state index >= 15 is 0 Å². The second kappa shape index (κ2) is 3.46. The van der Waals surface area contributed by atoms with Crippen LogP contribution in [0, 0.1) is 19.3 Å². The van der Waals surface area contributed by atoms with Crippen LogP contribution in [-0.2, 0) is 6.54 Å². The third kappa shape index (κ3) is 1.63. The Hall–Kier alpha value is -1.54. The summed E-state index contributed by atoms with van der Waals surface area (Å²) in [6.45, 7) is 1.69. The fourth-order valence-electron chi connectivity index (χ4n) is 0.949. The van der Waals surface area contributed by atoms with Gasteiger partial charge in [0.2, 0.25) is 0 Å². The molecule has 0 aliphatic heterocycles. The summed E-state index contributed by atoms with van der Waals surface area (Å²) in [7, 11) is 0. The average molecular weight is 197 g/mol. The number of carbonyl (C=O) groups is 1. The molecule has 1 heterocycles. The first-order chi connectivity index (χ1) is 6.07. The Bertz CT molecular complexity index is 435. The van der Waals surface area contributed by atoms with Crippen molar-refractivity contribution in [2.45, 2.75) is 13.5 Å². The quantitative estimate of drug-likeness (QED) is 0.704. The minimum absolute atomic E-state index is 0.0558. The van der Waals surface area contributed by atoms with Crippen molar-refractivity contribution in [3.05, 3.63) is 20.2 Å². The summed E-state index contributed by atoms with van der Waals surface area (Å²) < 4.78 is 1.27. The van der Waals surface area contributed by atoms with Gasteiger partial charge < -0.3 is 5.11 Å². The lowest BCUT2D eigenvalue weighted by molar-refractivity contribution is 0.0701. The van der Waals surface area contributed by atoms with Gasteiger partial charge in [-0.3, -0.25) is 9.36 Å². The molecule has 0 aromatic carbocycles. The maximum atomic E-state index is 11.2. The first-order valence-corrected chi connectivity index (χ1v) is 4.26. The number of rotatable bonds is 2. The SMILES string of the molecule is C#CCn1c(C)c(C(=O)O)sc1=O. The van der Waals surface area contributed by atoms with Crippen LogP contribution in [0.4, 0.5) is 0 Å². The summed E-state index contributed by atoms with van der Waals surface area (Å²) in [5.74, 6) is 1.21. The fourth-order valence-corrected chi connectivity index (χ4v) is 1.78. The molecule has 0 spiro atoms. The van der Waals surface area contributed by atoms with Crippen LogP contribution < -0.4 is 4.87 Å². The highest BCUT2D eigenvalue weighted by molar-refractivity contribution is 7.11. The first kappa shape index (κ1) is 9.55. The monoisotopic (exact) mass is 197 g/mol. The highest BCUT2D eigenvalue weighted by atomic mass is 32.1. The van der Waals surface area contributed by atoms with Crippen LogP contribution in [0.3, 0.4) is 0 Å². The van der Waals surface area contributed by atoms with Crippen LogP contribution in [0.2, 0.25) is 0 Å². The zero-order valence-corrected chi connectivity index (χ0v) is 7.72. The molecule has 0 saturated carbocycles. The molecule has 0 bridgehead atoms. The number of hydrogen-bond acceptors (Lipinski definition) is 3. The minimum atomic E-state index is -1.09. The van der Waals surface area contributed by atoms with Gasteiger partial charge in [-0.2, -0.15) is 0 Å². The van der Waals surface area contributed by atoms with Gasteiger partial charge in [0.1, 0.15) is 4.88 Å². The predicted molar refractivity (Wildman–Crippen MR) is 49.1 cm³/mol. The Labute approximate surface area is 78.4 Å². The summed E-state index contributed by atoms with van der Waals surface area (Å²) >= 11 is 0.701. The minimum Gasteiger partial charge on any atom is -0.477 e. The average Bonchev–Trinajstić information content (AvgIpc) is 2.32. The van der Waals surface area contributed by atoms with Crippen molar-refractivity contribution in [1.29, 1.82) is 0 Å². The van der Waals surface area contributed by atoms with Gasteiger partial charge in [-0.05, 0) is 6.92 Å². The van der Waals surface area contributed by atoms with Crippen molar-refractivity contribution in [3.63, 3.8) is 0 Å². The lowest BCUT2D eigenvalue weighted by Gasteiger charge is -1.97. The number of carboxylic acids is 1. The molecule has 0 saturated heterocycles. The maximum Gasteiger partial charge on any atom is 0.347 e. The van der Waals surface area contributed by atoms with E-state index in [1.165, 1.54) is 4.57 Å². The van der Waals surface area contributed by atoms with Crippen LogP contribution in [0.15, 0.2) is 4.79 Å². The van der Waals surface area contributed by atoms with Crippen molar-refractivity contribution in [3.8, 4) is 12.3 Å². The van der Waals surface area contributed by atoms with E-state index in [-0.39, 0.29) is 16.3 Å². The van der Waals surface area contributed by atoms with E-state index in [0.717, 1.165) is 0 Å². The predicted octanol–water partition coefficient (Wildman–Crippen LogP) is 0.550. The highest BCUT2D eigenvalue weighted by Crippen LogP contribution is 2.10. The van der Waals surface area contributed by atoms with Gasteiger partial charge in [0, 0.05) is 5.69 Å². The number of nitrogens with zero attached hydrogens (tertiary/aromatic N) is 1. The van der Waals surface area contributed by atoms with E-state index in [1.807, 2.05) is 0 Å². The molecule has 0 unspecified atom stereocenters. The van der Waals surface area contributed by atoms with Crippen LogP contribution in [0.25, 0.3) is 0 Å². The summed E-state index contributed by atoms with van der Waals surface area (Å²) in [5.41, 5.74) is 0.417. The van der Waals surface area contributed by atoms with E-state index in [0.29, 0.717) is 17.0 Å². The number of terminal acetylenes is 1. The zero-order chi connectivity index (χ0) is 10.0. The van der Waals surface area contributed by atoms with Crippen LogP contribution >= 0.6 is 11.3 Å². The molecule has 1 aromatic rings.